The van der Waals surface area contributed by atoms with Gasteiger partial charge in [-0.15, -0.1) is 11.3 Å². The lowest BCUT2D eigenvalue weighted by Crippen LogP contribution is -2.09. The van der Waals surface area contributed by atoms with Gasteiger partial charge in [0.1, 0.15) is 10.8 Å². The van der Waals surface area contributed by atoms with Gasteiger partial charge < -0.3 is 14.2 Å². The van der Waals surface area contributed by atoms with Gasteiger partial charge in [-0.1, -0.05) is 42.4 Å². The van der Waals surface area contributed by atoms with Gasteiger partial charge in [-0.05, 0) is 36.4 Å². The van der Waals surface area contributed by atoms with Gasteiger partial charge in [0.15, 0.2) is 11.5 Å². The summed E-state index contributed by atoms with van der Waals surface area (Å²) in [6, 6.07) is 20.5. The number of thiophene rings is 1. The smallest absolute Gasteiger partial charge is 0.180 e. The zero-order chi connectivity index (χ0) is 22.0. The second kappa shape index (κ2) is 8.79. The Balaban J connectivity index is 1.80. The lowest BCUT2D eigenvalue weighted by atomic mass is 10.2. The Bertz CT molecular complexity index is 1290. The van der Waals surface area contributed by atoms with Crippen molar-refractivity contribution in [3.05, 3.63) is 78.3 Å². The molecule has 4 aromatic rings. The number of anilines is 2. The molecule has 0 spiro atoms. The van der Waals surface area contributed by atoms with Crippen LogP contribution in [0.2, 0.25) is 0 Å². The summed E-state index contributed by atoms with van der Waals surface area (Å²) < 4.78 is 7.43. The van der Waals surface area contributed by atoms with Crippen LogP contribution in [0.3, 0.4) is 0 Å². The van der Waals surface area contributed by atoms with E-state index in [9.17, 15) is 4.79 Å². The van der Waals surface area contributed by atoms with Crippen LogP contribution in [0.4, 0.5) is 16.4 Å². The van der Waals surface area contributed by atoms with Crippen LogP contribution >= 0.6 is 22.9 Å². The fourth-order valence-electron chi connectivity index (χ4n) is 3.33. The van der Waals surface area contributed by atoms with E-state index < -0.39 is 0 Å². The third kappa shape index (κ3) is 4.13. The molecule has 0 saturated carbocycles. The molecule has 5 nitrogen and oxygen atoms in total. The lowest BCUT2D eigenvalue weighted by Gasteiger charge is -2.19. The largest absolute Gasteiger partial charge is 0.496 e. The number of hydrogen-bond donors (Lipinski definition) is 0. The molecule has 0 bridgehead atoms. The first-order valence-corrected chi connectivity index (χ1v) is 10.7. The van der Waals surface area contributed by atoms with Crippen LogP contribution in [0.1, 0.15) is 4.88 Å². The van der Waals surface area contributed by atoms with E-state index in [1.54, 1.807) is 7.11 Å². The number of benzene rings is 2. The van der Waals surface area contributed by atoms with Crippen molar-refractivity contribution in [3.8, 4) is 5.69 Å². The highest BCUT2D eigenvalue weighted by Gasteiger charge is 2.17. The third-order valence-corrected chi connectivity index (χ3v) is 6.21. The van der Waals surface area contributed by atoms with Crippen molar-refractivity contribution < 1.29 is 9.53 Å². The number of aldehydes is 1. The SMILES string of the molecule is C=C(OC)c1cc(N(C)c2ccc3ccn(-c4ccccc4)c3c2)c(/N=C(/Cl)C=O)s1. The highest BCUT2D eigenvalue weighted by atomic mass is 35.5. The summed E-state index contributed by atoms with van der Waals surface area (Å²) in [7, 11) is 3.52. The third-order valence-electron chi connectivity index (χ3n) is 4.98. The number of aromatic nitrogens is 1. The molecule has 2 aromatic carbocycles. The zero-order valence-corrected chi connectivity index (χ0v) is 18.7. The Morgan fingerprint density at radius 3 is 2.68 bits per heavy atom. The van der Waals surface area contributed by atoms with Crippen LogP contribution in [0, 0.1) is 0 Å². The molecular weight excluding hydrogens is 430 g/mol. The van der Waals surface area contributed by atoms with E-state index in [4.69, 9.17) is 16.3 Å². The number of ether oxygens (including phenoxy) is 1. The predicted molar refractivity (Wildman–Crippen MR) is 131 cm³/mol. The van der Waals surface area contributed by atoms with Crippen molar-refractivity contribution in [2.75, 3.05) is 19.1 Å². The molecule has 31 heavy (non-hydrogen) atoms. The standard InChI is InChI=1S/C24H20ClN3O2S/c1-16(30-3)22-14-21(24(31-22)26-23(25)15-29)27(2)19-10-9-17-11-12-28(20(17)13-19)18-7-5-4-6-8-18/h4-15H,1H2,2-3H3/b26-23+. The van der Waals surface area contributed by atoms with Gasteiger partial charge in [0, 0.05) is 30.0 Å². The minimum atomic E-state index is -0.112. The normalized spacial score (nSPS) is 11.5. The zero-order valence-electron chi connectivity index (χ0n) is 17.1. The molecule has 0 aliphatic heterocycles. The maximum absolute atomic E-state index is 11.0. The van der Waals surface area contributed by atoms with E-state index >= 15 is 0 Å². The first kappa shape index (κ1) is 20.9. The number of hydrogen-bond acceptors (Lipinski definition) is 5. The Morgan fingerprint density at radius 1 is 1.19 bits per heavy atom. The molecule has 0 aliphatic carbocycles. The summed E-state index contributed by atoms with van der Waals surface area (Å²) in [6.07, 6.45) is 2.59. The topological polar surface area (TPSA) is 46.8 Å². The van der Waals surface area contributed by atoms with Crippen LogP contribution < -0.4 is 4.90 Å². The van der Waals surface area contributed by atoms with Crippen LogP contribution in [-0.2, 0) is 9.53 Å². The second-order valence-corrected chi connectivity index (χ2v) is 8.22. The number of halogens is 1. The molecule has 156 valence electrons. The van der Waals surface area contributed by atoms with Gasteiger partial charge in [0.25, 0.3) is 0 Å². The summed E-state index contributed by atoms with van der Waals surface area (Å²) in [4.78, 5) is 18.1. The Morgan fingerprint density at radius 2 is 1.97 bits per heavy atom. The van der Waals surface area contributed by atoms with E-state index in [-0.39, 0.29) is 5.17 Å². The Hall–Kier alpha value is -3.35. The first-order valence-electron chi connectivity index (χ1n) is 9.48. The van der Waals surface area contributed by atoms with Crippen LogP contribution in [0.5, 0.6) is 0 Å². The molecule has 0 aliphatic rings. The minimum Gasteiger partial charge on any atom is -0.496 e. The lowest BCUT2D eigenvalue weighted by molar-refractivity contribution is -0.102. The maximum atomic E-state index is 11.0. The summed E-state index contributed by atoms with van der Waals surface area (Å²) in [5.41, 5.74) is 3.95. The average molecular weight is 450 g/mol. The number of fused-ring (bicyclic) bond motifs is 1. The quantitative estimate of drug-likeness (QED) is 0.183. The van der Waals surface area contributed by atoms with Crippen LogP contribution in [0.25, 0.3) is 22.3 Å². The van der Waals surface area contributed by atoms with Crippen molar-refractivity contribution >= 4 is 67.4 Å². The van der Waals surface area contributed by atoms with Crippen molar-refractivity contribution in [2.45, 2.75) is 0 Å². The van der Waals surface area contributed by atoms with E-state index in [2.05, 4.69) is 58.7 Å². The van der Waals surface area contributed by atoms with Gasteiger partial charge in [0.2, 0.25) is 0 Å². The van der Waals surface area contributed by atoms with Crippen molar-refractivity contribution in [3.63, 3.8) is 0 Å². The average Bonchev–Trinajstić information content (AvgIpc) is 3.42. The molecular formula is C24H20ClN3O2S. The molecule has 0 amide bonds. The number of aliphatic imine (C=N–C) groups is 1. The van der Waals surface area contributed by atoms with Crippen molar-refractivity contribution in [2.24, 2.45) is 4.99 Å². The number of carbonyl (C=O) groups is 1. The second-order valence-electron chi connectivity index (χ2n) is 6.80. The fourth-order valence-corrected chi connectivity index (χ4v) is 4.49. The fraction of sp³-hybridized carbons (Fsp3) is 0.0833. The molecule has 7 heteroatoms. The molecule has 4 rings (SSSR count). The first-order chi connectivity index (χ1) is 15.0. The van der Waals surface area contributed by atoms with E-state index in [1.807, 2.05) is 36.2 Å². The van der Waals surface area contributed by atoms with Gasteiger partial charge in [-0.3, -0.25) is 4.79 Å². The Labute approximate surface area is 189 Å². The summed E-state index contributed by atoms with van der Waals surface area (Å²) in [6.45, 7) is 3.92. The summed E-state index contributed by atoms with van der Waals surface area (Å²) >= 11 is 7.27. The summed E-state index contributed by atoms with van der Waals surface area (Å²) in [5, 5.41) is 1.63. The molecule has 0 fully saturated rings. The van der Waals surface area contributed by atoms with E-state index in [0.717, 1.165) is 32.8 Å². The van der Waals surface area contributed by atoms with Crippen LogP contribution in [-0.4, -0.2) is 30.2 Å². The summed E-state index contributed by atoms with van der Waals surface area (Å²) in [5.74, 6) is 0.525. The molecule has 0 atom stereocenters. The number of nitrogens with zero attached hydrogens (tertiary/aromatic N) is 3. The van der Waals surface area contributed by atoms with Gasteiger partial charge in [-0.2, -0.15) is 0 Å². The molecule has 2 heterocycles. The maximum Gasteiger partial charge on any atom is 0.180 e. The number of carbonyl (C=O) groups excluding carboxylic acids is 1. The molecule has 0 radical (unpaired) electrons. The van der Waals surface area contributed by atoms with Gasteiger partial charge >= 0.3 is 0 Å². The number of methoxy groups -OCH3 is 1. The molecule has 0 unspecified atom stereocenters. The molecule has 2 aromatic heterocycles. The van der Waals surface area contributed by atoms with Crippen molar-refractivity contribution in [1.29, 1.82) is 0 Å². The monoisotopic (exact) mass is 449 g/mol. The predicted octanol–water partition coefficient (Wildman–Crippen LogP) is 6.54. The van der Waals surface area contributed by atoms with Gasteiger partial charge in [-0.25, -0.2) is 4.99 Å². The number of rotatable bonds is 7. The van der Waals surface area contributed by atoms with Crippen LogP contribution in [0.15, 0.2) is 78.4 Å². The molecule has 0 N–H and O–H groups in total. The van der Waals surface area contributed by atoms with E-state index in [0.29, 0.717) is 17.0 Å². The van der Waals surface area contributed by atoms with Crippen molar-refractivity contribution in [1.82, 2.24) is 4.57 Å². The van der Waals surface area contributed by atoms with Gasteiger partial charge in [0.05, 0.1) is 23.2 Å². The number of para-hydroxylation sites is 1. The Kier molecular flexibility index (Phi) is 5.93. The highest BCUT2D eigenvalue weighted by Crippen LogP contribution is 2.43. The van der Waals surface area contributed by atoms with E-state index in [1.165, 1.54) is 11.3 Å². The minimum absolute atomic E-state index is 0.112. The molecule has 0 saturated heterocycles. The highest BCUT2D eigenvalue weighted by molar-refractivity contribution is 7.17.